The summed E-state index contributed by atoms with van der Waals surface area (Å²) in [6.45, 7) is 0. The van der Waals surface area contributed by atoms with E-state index in [2.05, 4.69) is 10.1 Å². The Morgan fingerprint density at radius 2 is 2.00 bits per heavy atom. The molecule has 0 amide bonds. The molecule has 0 spiro atoms. The van der Waals surface area contributed by atoms with Crippen molar-refractivity contribution >= 4 is 0 Å². The molecule has 0 aliphatic carbocycles. The topological polar surface area (TPSA) is 30.7 Å². The van der Waals surface area contributed by atoms with Gasteiger partial charge in [-0.1, -0.05) is 6.07 Å². The van der Waals surface area contributed by atoms with Crippen LogP contribution in [0.5, 0.6) is 0 Å². The van der Waals surface area contributed by atoms with E-state index < -0.39 is 11.7 Å². The molecular formula is C9H6F3N3. The van der Waals surface area contributed by atoms with Gasteiger partial charge < -0.3 is 0 Å². The Bertz CT molecular complexity index is 448. The highest BCUT2D eigenvalue weighted by Crippen LogP contribution is 2.29. The molecule has 0 aliphatic heterocycles. The van der Waals surface area contributed by atoms with Crippen LogP contribution in [0.15, 0.2) is 36.9 Å². The molecule has 2 rings (SSSR count). The van der Waals surface area contributed by atoms with Gasteiger partial charge in [0.05, 0.1) is 11.3 Å². The second-order valence-corrected chi connectivity index (χ2v) is 2.89. The Morgan fingerprint density at radius 3 is 2.60 bits per heavy atom. The van der Waals surface area contributed by atoms with Crippen LogP contribution in [0.2, 0.25) is 0 Å². The molecule has 0 radical (unpaired) electrons. The molecule has 0 fully saturated rings. The van der Waals surface area contributed by atoms with Crippen LogP contribution >= 0.6 is 0 Å². The maximum absolute atomic E-state index is 12.4. The van der Waals surface area contributed by atoms with Crippen LogP contribution in [0.4, 0.5) is 13.2 Å². The molecule has 15 heavy (non-hydrogen) atoms. The Labute approximate surface area is 83.2 Å². The normalized spacial score (nSPS) is 11.7. The minimum atomic E-state index is -4.34. The highest BCUT2D eigenvalue weighted by molar-refractivity contribution is 5.35. The highest BCUT2D eigenvalue weighted by atomic mass is 19.4. The van der Waals surface area contributed by atoms with E-state index in [9.17, 15) is 13.2 Å². The van der Waals surface area contributed by atoms with Gasteiger partial charge in [-0.05, 0) is 18.2 Å². The van der Waals surface area contributed by atoms with E-state index in [1.165, 1.54) is 29.5 Å². The fourth-order valence-electron chi connectivity index (χ4n) is 1.17. The lowest BCUT2D eigenvalue weighted by Gasteiger charge is -2.07. The van der Waals surface area contributed by atoms with E-state index in [0.29, 0.717) is 5.69 Å². The van der Waals surface area contributed by atoms with E-state index in [-0.39, 0.29) is 0 Å². The molecule has 6 heteroatoms. The number of halogens is 3. The number of hydrogen-bond donors (Lipinski definition) is 0. The zero-order chi connectivity index (χ0) is 10.9. The maximum Gasteiger partial charge on any atom is 0.416 e. The Kier molecular flexibility index (Phi) is 2.18. The Morgan fingerprint density at radius 1 is 1.20 bits per heavy atom. The van der Waals surface area contributed by atoms with Crippen LogP contribution in [-0.2, 0) is 6.18 Å². The number of nitrogens with zero attached hydrogens (tertiary/aromatic N) is 3. The number of benzene rings is 1. The quantitative estimate of drug-likeness (QED) is 0.727. The molecule has 0 atom stereocenters. The minimum absolute atomic E-state index is 0.335. The predicted octanol–water partition coefficient (Wildman–Crippen LogP) is 2.29. The van der Waals surface area contributed by atoms with Crippen molar-refractivity contribution in [3.05, 3.63) is 42.5 Å². The smallest absolute Gasteiger partial charge is 0.223 e. The highest BCUT2D eigenvalue weighted by Gasteiger charge is 2.30. The van der Waals surface area contributed by atoms with Gasteiger partial charge in [0.1, 0.15) is 12.7 Å². The van der Waals surface area contributed by atoms with Gasteiger partial charge in [-0.3, -0.25) is 0 Å². The van der Waals surface area contributed by atoms with Crippen molar-refractivity contribution in [2.45, 2.75) is 6.18 Å². The first-order valence-corrected chi connectivity index (χ1v) is 4.09. The number of hydrogen-bond acceptors (Lipinski definition) is 2. The van der Waals surface area contributed by atoms with Crippen molar-refractivity contribution < 1.29 is 13.2 Å². The summed E-state index contributed by atoms with van der Waals surface area (Å²) in [6, 6.07) is 4.90. The summed E-state index contributed by atoms with van der Waals surface area (Å²) >= 11 is 0. The lowest BCUT2D eigenvalue weighted by atomic mass is 10.2. The fraction of sp³-hybridized carbons (Fsp3) is 0.111. The van der Waals surface area contributed by atoms with Crippen LogP contribution in [0, 0.1) is 0 Å². The van der Waals surface area contributed by atoms with Gasteiger partial charge in [0, 0.05) is 0 Å². The third-order valence-electron chi connectivity index (χ3n) is 1.86. The SMILES string of the molecule is FC(F)(F)c1cccc(-n2cncn2)c1. The summed E-state index contributed by atoms with van der Waals surface area (Å²) in [7, 11) is 0. The van der Waals surface area contributed by atoms with E-state index in [1.54, 1.807) is 0 Å². The molecule has 0 N–H and O–H groups in total. The third kappa shape index (κ3) is 1.98. The van der Waals surface area contributed by atoms with Crippen molar-refractivity contribution in [2.75, 3.05) is 0 Å². The Hall–Kier alpha value is -1.85. The zero-order valence-electron chi connectivity index (χ0n) is 7.44. The third-order valence-corrected chi connectivity index (χ3v) is 1.86. The average molecular weight is 213 g/mol. The lowest BCUT2D eigenvalue weighted by molar-refractivity contribution is -0.137. The van der Waals surface area contributed by atoms with Gasteiger partial charge >= 0.3 is 6.18 Å². The zero-order valence-corrected chi connectivity index (χ0v) is 7.44. The summed E-state index contributed by atoms with van der Waals surface area (Å²) in [5.74, 6) is 0. The van der Waals surface area contributed by atoms with Gasteiger partial charge in [0.15, 0.2) is 0 Å². The van der Waals surface area contributed by atoms with E-state index in [0.717, 1.165) is 12.1 Å². The van der Waals surface area contributed by atoms with Crippen molar-refractivity contribution in [3.63, 3.8) is 0 Å². The molecule has 0 unspecified atom stereocenters. The van der Waals surface area contributed by atoms with Gasteiger partial charge in [-0.2, -0.15) is 18.3 Å². The lowest BCUT2D eigenvalue weighted by Crippen LogP contribution is -2.06. The standard InChI is InChI=1S/C9H6F3N3/c10-9(11,12)7-2-1-3-8(4-7)15-6-13-5-14-15/h1-6H. The molecule has 1 aromatic heterocycles. The van der Waals surface area contributed by atoms with Crippen molar-refractivity contribution in [2.24, 2.45) is 0 Å². The Balaban J connectivity index is 2.44. The number of alkyl halides is 3. The molecule has 1 aromatic carbocycles. The molecule has 0 aliphatic rings. The van der Waals surface area contributed by atoms with Gasteiger partial charge in [-0.25, -0.2) is 9.67 Å². The van der Waals surface area contributed by atoms with E-state index >= 15 is 0 Å². The molecular weight excluding hydrogens is 207 g/mol. The van der Waals surface area contributed by atoms with Crippen LogP contribution in [0.3, 0.4) is 0 Å². The first-order valence-electron chi connectivity index (χ1n) is 4.09. The van der Waals surface area contributed by atoms with Gasteiger partial charge in [0.25, 0.3) is 0 Å². The van der Waals surface area contributed by atoms with Gasteiger partial charge in [-0.15, -0.1) is 0 Å². The molecule has 2 aromatic rings. The van der Waals surface area contributed by atoms with Crippen LogP contribution in [0.1, 0.15) is 5.56 Å². The largest absolute Gasteiger partial charge is 0.416 e. The minimum Gasteiger partial charge on any atom is -0.223 e. The van der Waals surface area contributed by atoms with Crippen molar-refractivity contribution in [3.8, 4) is 5.69 Å². The monoisotopic (exact) mass is 213 g/mol. The molecule has 0 bridgehead atoms. The van der Waals surface area contributed by atoms with E-state index in [1.807, 2.05) is 0 Å². The summed E-state index contributed by atoms with van der Waals surface area (Å²) < 4.78 is 38.4. The fourth-order valence-corrected chi connectivity index (χ4v) is 1.17. The summed E-state index contributed by atoms with van der Waals surface area (Å²) in [5, 5.41) is 3.75. The summed E-state index contributed by atoms with van der Waals surface area (Å²) in [5.41, 5.74) is -0.363. The predicted molar refractivity (Wildman–Crippen MR) is 46.4 cm³/mol. The van der Waals surface area contributed by atoms with E-state index in [4.69, 9.17) is 0 Å². The molecule has 78 valence electrons. The van der Waals surface area contributed by atoms with Crippen LogP contribution in [0.25, 0.3) is 5.69 Å². The van der Waals surface area contributed by atoms with Crippen molar-refractivity contribution in [1.82, 2.24) is 14.8 Å². The molecule has 0 saturated carbocycles. The molecule has 3 nitrogen and oxygen atoms in total. The molecule has 0 saturated heterocycles. The number of aromatic nitrogens is 3. The first kappa shape index (κ1) is 9.70. The second-order valence-electron chi connectivity index (χ2n) is 2.89. The average Bonchev–Trinajstić information content (AvgIpc) is 2.69. The van der Waals surface area contributed by atoms with Gasteiger partial charge in [0.2, 0.25) is 0 Å². The second kappa shape index (κ2) is 3.38. The first-order chi connectivity index (χ1) is 7.07. The summed E-state index contributed by atoms with van der Waals surface area (Å²) in [6.07, 6.45) is -1.73. The number of rotatable bonds is 1. The van der Waals surface area contributed by atoms with Crippen molar-refractivity contribution in [1.29, 1.82) is 0 Å². The molecule has 1 heterocycles. The maximum atomic E-state index is 12.4. The summed E-state index contributed by atoms with van der Waals surface area (Å²) in [4.78, 5) is 3.66. The van der Waals surface area contributed by atoms with Crippen LogP contribution in [-0.4, -0.2) is 14.8 Å². The van der Waals surface area contributed by atoms with Crippen LogP contribution < -0.4 is 0 Å².